The molecule has 40 nitrogen and oxygen atoms in total. The smallest absolute Gasteiger partial charge is 0.0437 e. The van der Waals surface area contributed by atoms with Gasteiger partial charge in [-0.05, 0) is 13.8 Å². The Morgan fingerprint density at radius 1 is 0.159 bits per heavy atom. The Bertz CT molecular complexity index is 26.8. The van der Waals surface area contributed by atoms with Crippen LogP contribution in [0.15, 0.2) is 0 Å². The number of rotatable bonds is 2. The van der Waals surface area contributed by atoms with Gasteiger partial charge in [-0.2, -0.15) is 0 Å². The zero-order valence-corrected chi connectivity index (χ0v) is 23.3. The van der Waals surface area contributed by atoms with E-state index in [0.717, 1.165) is 13.2 Å². The minimum atomic E-state index is 0. The van der Waals surface area contributed by atoms with Gasteiger partial charge in [0.1, 0.15) is 0 Å². The van der Waals surface area contributed by atoms with E-state index < -0.39 is 0 Å². The third kappa shape index (κ3) is 392000. The number of ether oxygens (including phenoxy) is 1. The molecule has 0 atom stereocenters. The predicted molar refractivity (Wildman–Crippen MR) is 163 cm³/mol. The molecule has 40 heteroatoms. The lowest BCUT2D eigenvalue weighted by molar-refractivity contribution is 0.162. The van der Waals surface area contributed by atoms with Crippen LogP contribution in [0, 0.1) is 0 Å². The van der Waals surface area contributed by atoms with Crippen LogP contribution in [-0.4, -0.2) is 227 Å². The molecule has 0 fully saturated rings. The summed E-state index contributed by atoms with van der Waals surface area (Å²) in [6, 6.07) is 0. The van der Waals surface area contributed by atoms with Gasteiger partial charge < -0.3 is 218 Å². The van der Waals surface area contributed by atoms with Crippen molar-refractivity contribution < 1.29 is 218 Å². The second kappa shape index (κ2) is 34500. The molecule has 0 heterocycles. The summed E-state index contributed by atoms with van der Waals surface area (Å²) in [6.07, 6.45) is 0. The Morgan fingerprint density at radius 2 is 0.205 bits per heavy atom. The fourth-order valence-electron chi connectivity index (χ4n) is 0.204. The summed E-state index contributed by atoms with van der Waals surface area (Å²) in [6.45, 7) is 5.67. The van der Waals surface area contributed by atoms with Gasteiger partial charge in [0.2, 0.25) is 0 Å². The second-order valence-corrected chi connectivity index (χ2v) is 0.781. The van der Waals surface area contributed by atoms with Gasteiger partial charge in [0.25, 0.3) is 0 Å². The highest BCUT2D eigenvalue weighted by molar-refractivity contribution is 4.07. The van der Waals surface area contributed by atoms with Gasteiger partial charge >= 0.3 is 0 Å². The van der Waals surface area contributed by atoms with Gasteiger partial charge in [-0.15, -0.1) is 0 Å². The first-order valence-electron chi connectivity index (χ1n) is 1.99. The van der Waals surface area contributed by atoms with Crippen LogP contribution in [0.4, 0.5) is 0 Å². The minimum absolute atomic E-state index is 0. The van der Waals surface area contributed by atoms with Crippen molar-refractivity contribution >= 4 is 0 Å². The average molecular weight is 777 g/mol. The molecule has 344 valence electrons. The van der Waals surface area contributed by atoms with Gasteiger partial charge in [-0.1, -0.05) is 0 Å². The highest BCUT2D eigenvalue weighted by Crippen LogP contribution is 1.64. The first-order chi connectivity index (χ1) is 2.41. The SMILES string of the molecule is CCOCC.O.O.O.O.O.O.O.O.O.O.O.O.O.O.O.O.O.O.O.O.O.O.O.O.O.O.O.O.O.O.O.O.O.O.O.O.O.O.O. The van der Waals surface area contributed by atoms with E-state index in [-0.39, 0.29) is 214 Å². The monoisotopic (exact) mass is 776 g/mol. The summed E-state index contributed by atoms with van der Waals surface area (Å²) >= 11 is 0. The van der Waals surface area contributed by atoms with Crippen molar-refractivity contribution in [3.63, 3.8) is 0 Å². The summed E-state index contributed by atoms with van der Waals surface area (Å²) in [4.78, 5) is 0. The zero-order chi connectivity index (χ0) is 4.12. The van der Waals surface area contributed by atoms with E-state index in [4.69, 9.17) is 4.74 Å². The topological polar surface area (TPSA) is 1240 Å². The Labute approximate surface area is 247 Å². The molecule has 0 bridgehead atoms. The molecule has 0 aromatic rings. The first kappa shape index (κ1) is 12600. The minimum Gasteiger partial charge on any atom is -0.412 e. The summed E-state index contributed by atoms with van der Waals surface area (Å²) in [5.41, 5.74) is 0. The van der Waals surface area contributed by atoms with Crippen LogP contribution in [0.5, 0.6) is 0 Å². The van der Waals surface area contributed by atoms with E-state index in [9.17, 15) is 0 Å². The Balaban J connectivity index is -0.000000000108. The van der Waals surface area contributed by atoms with Crippen LogP contribution in [-0.2, 0) is 4.74 Å². The molecule has 0 saturated heterocycles. The van der Waals surface area contributed by atoms with Gasteiger partial charge in [0.15, 0.2) is 0 Å². The molecule has 0 saturated carbocycles. The first-order valence-corrected chi connectivity index (χ1v) is 1.99. The van der Waals surface area contributed by atoms with E-state index in [2.05, 4.69) is 0 Å². The summed E-state index contributed by atoms with van der Waals surface area (Å²) < 4.78 is 4.83. The standard InChI is InChI=1S/C4H10O.39H2O/c1-3-5-4-2;;;;;;;;;;;;;;;;;;;;;;;;;;;;;;;;;;;;;;;/h3-4H2,1-2H3;39*1H2. The molecule has 0 aromatic heterocycles. The Morgan fingerprint density at radius 3 is 0.205 bits per heavy atom. The summed E-state index contributed by atoms with van der Waals surface area (Å²) in [5, 5.41) is 0. The lowest BCUT2D eigenvalue weighted by atomic mass is 10.8. The largest absolute Gasteiger partial charge is 0.412 e. The summed E-state index contributed by atoms with van der Waals surface area (Å²) in [7, 11) is 0. The maximum atomic E-state index is 4.83. The van der Waals surface area contributed by atoms with E-state index in [0.29, 0.717) is 0 Å². The van der Waals surface area contributed by atoms with Crippen molar-refractivity contribution in [2.45, 2.75) is 13.8 Å². The quantitative estimate of drug-likeness (QED) is 0.259. The molecule has 0 unspecified atom stereocenters. The van der Waals surface area contributed by atoms with Crippen molar-refractivity contribution in [3.05, 3.63) is 0 Å². The van der Waals surface area contributed by atoms with E-state index in [1.54, 1.807) is 0 Å². The van der Waals surface area contributed by atoms with Crippen molar-refractivity contribution in [2.24, 2.45) is 0 Å². The fraction of sp³-hybridized carbons (Fsp3) is 1.00. The maximum Gasteiger partial charge on any atom is 0.0437 e. The Hall–Kier alpha value is -1.60. The molecular weight excluding hydrogens is 688 g/mol. The predicted octanol–water partition coefficient (Wildman–Crippen LogP) is -31.1. The second-order valence-electron chi connectivity index (χ2n) is 0.781. The zero-order valence-electron chi connectivity index (χ0n) is 23.3. The molecular formula is C4H88O40. The van der Waals surface area contributed by atoms with Gasteiger partial charge in [0.05, 0.1) is 0 Å². The lowest BCUT2D eigenvalue weighted by Gasteiger charge is -1.86. The molecule has 0 aliphatic rings. The van der Waals surface area contributed by atoms with E-state index in [1.165, 1.54) is 0 Å². The molecule has 0 amide bonds. The van der Waals surface area contributed by atoms with Crippen LogP contribution in [0.25, 0.3) is 0 Å². The number of hydrogen-bond acceptors (Lipinski definition) is 1. The normalized spacial score (nSPS) is 0.955. The van der Waals surface area contributed by atoms with E-state index in [1.807, 2.05) is 13.8 Å². The molecule has 0 spiro atoms. The molecule has 0 rings (SSSR count). The average Bonchev–Trinajstić information content (AvgIpc) is 1.41. The molecule has 0 radical (unpaired) electrons. The fourth-order valence-corrected chi connectivity index (χ4v) is 0.204. The van der Waals surface area contributed by atoms with Crippen LogP contribution >= 0.6 is 0 Å². The molecule has 0 aliphatic carbocycles. The van der Waals surface area contributed by atoms with Gasteiger partial charge in [-0.3, -0.25) is 0 Å². The van der Waals surface area contributed by atoms with Crippen molar-refractivity contribution in [2.75, 3.05) is 13.2 Å². The number of hydrogen-bond donors (Lipinski definition) is 0. The highest BCUT2D eigenvalue weighted by Gasteiger charge is 1.64. The third-order valence-electron chi connectivity index (χ3n) is 0.408. The highest BCUT2D eigenvalue weighted by atomic mass is 16.5. The van der Waals surface area contributed by atoms with Gasteiger partial charge in [0, 0.05) is 13.2 Å². The summed E-state index contributed by atoms with van der Waals surface area (Å²) in [5.74, 6) is 0. The van der Waals surface area contributed by atoms with Crippen LogP contribution in [0.1, 0.15) is 13.8 Å². The molecule has 0 aromatic carbocycles. The van der Waals surface area contributed by atoms with E-state index >= 15 is 0 Å². The maximum absolute atomic E-state index is 4.83. The Kier molecular flexibility index (Phi) is 9890000. The molecule has 78 N–H and O–H groups in total. The van der Waals surface area contributed by atoms with Gasteiger partial charge in [-0.25, -0.2) is 0 Å². The van der Waals surface area contributed by atoms with Crippen LogP contribution < -0.4 is 0 Å². The van der Waals surface area contributed by atoms with Crippen LogP contribution in [0.3, 0.4) is 0 Å². The van der Waals surface area contributed by atoms with Crippen LogP contribution in [0.2, 0.25) is 0 Å². The van der Waals surface area contributed by atoms with Crippen molar-refractivity contribution in [1.29, 1.82) is 0 Å². The van der Waals surface area contributed by atoms with Crippen molar-refractivity contribution in [1.82, 2.24) is 0 Å². The molecule has 44 heavy (non-hydrogen) atoms. The van der Waals surface area contributed by atoms with Crippen molar-refractivity contribution in [3.8, 4) is 0 Å². The third-order valence-corrected chi connectivity index (χ3v) is 0.408. The molecule has 0 aliphatic heterocycles. The lowest BCUT2D eigenvalue weighted by Crippen LogP contribution is -1.84.